The minimum absolute atomic E-state index is 0. The number of hydrogen-bond donors (Lipinski definition) is 3. The molecule has 1 fully saturated rings. The molecule has 7 nitrogen and oxygen atoms in total. The van der Waals surface area contributed by atoms with Gasteiger partial charge in [-0.3, -0.25) is 14.5 Å². The number of nitrogen functional groups attached to an aromatic ring is 1. The summed E-state index contributed by atoms with van der Waals surface area (Å²) in [6.07, 6.45) is 1.22. The van der Waals surface area contributed by atoms with E-state index in [1.165, 1.54) is 0 Å². The number of nitrogens with two attached hydrogens (primary N) is 1. The van der Waals surface area contributed by atoms with Crippen molar-refractivity contribution in [1.82, 2.24) is 10.2 Å². The van der Waals surface area contributed by atoms with Crippen LogP contribution in [0.15, 0.2) is 42.5 Å². The summed E-state index contributed by atoms with van der Waals surface area (Å²) in [7, 11) is 0. The minimum Gasteiger partial charge on any atom is -0.399 e. The number of anilines is 2. The summed E-state index contributed by atoms with van der Waals surface area (Å²) in [4.78, 5) is 38.9. The number of nitrogens with one attached hydrogen (secondary N) is 2. The molecule has 8 heteroatoms. The number of aryl methyl sites for hydroxylation is 2. The first-order valence-electron chi connectivity index (χ1n) is 8.79. The molecule has 4 amide bonds. The number of hydrogen-bond acceptors (Lipinski definition) is 4. The Morgan fingerprint density at radius 2 is 2.00 bits per heavy atom. The van der Waals surface area contributed by atoms with Crippen molar-refractivity contribution in [2.45, 2.75) is 25.3 Å². The van der Waals surface area contributed by atoms with Gasteiger partial charge in [-0.2, -0.15) is 0 Å². The molecule has 2 aliphatic rings. The fraction of sp³-hybridized carbons (Fsp3) is 0.250. The van der Waals surface area contributed by atoms with Crippen LogP contribution in [-0.2, 0) is 21.5 Å². The van der Waals surface area contributed by atoms with Crippen LogP contribution in [0, 0.1) is 6.92 Å². The van der Waals surface area contributed by atoms with Gasteiger partial charge in [0.25, 0.3) is 5.91 Å². The van der Waals surface area contributed by atoms with Gasteiger partial charge in [0, 0.05) is 11.4 Å². The molecule has 28 heavy (non-hydrogen) atoms. The fourth-order valence-electron chi connectivity index (χ4n) is 3.84. The number of carbonyl (C=O) groups excluding carboxylic acids is 3. The van der Waals surface area contributed by atoms with Crippen LogP contribution in [0.2, 0.25) is 0 Å². The average molecular weight is 401 g/mol. The van der Waals surface area contributed by atoms with Crippen molar-refractivity contribution in [2.24, 2.45) is 0 Å². The number of benzene rings is 2. The molecular formula is C20H21ClN4O3. The van der Waals surface area contributed by atoms with Crippen molar-refractivity contribution in [3.63, 3.8) is 0 Å². The third kappa shape index (κ3) is 3.07. The molecule has 1 atom stereocenters. The molecule has 1 spiro atoms. The van der Waals surface area contributed by atoms with Crippen LogP contribution in [0.3, 0.4) is 0 Å². The first-order chi connectivity index (χ1) is 12.9. The van der Waals surface area contributed by atoms with E-state index in [1.807, 2.05) is 31.2 Å². The molecule has 0 aromatic heterocycles. The molecule has 1 heterocycles. The van der Waals surface area contributed by atoms with Gasteiger partial charge >= 0.3 is 6.03 Å². The molecule has 1 aliphatic heterocycles. The highest BCUT2D eigenvalue weighted by atomic mass is 35.5. The maximum atomic E-state index is 13.1. The fourth-order valence-corrected chi connectivity index (χ4v) is 3.84. The largest absolute Gasteiger partial charge is 0.399 e. The number of urea groups is 1. The summed E-state index contributed by atoms with van der Waals surface area (Å²) in [6, 6.07) is 12.2. The number of amides is 4. The first kappa shape index (κ1) is 19.7. The number of carbonyl (C=O) groups is 3. The van der Waals surface area contributed by atoms with Crippen molar-refractivity contribution in [3.05, 3.63) is 59.2 Å². The van der Waals surface area contributed by atoms with Gasteiger partial charge in [-0.1, -0.05) is 30.3 Å². The summed E-state index contributed by atoms with van der Waals surface area (Å²) in [5, 5.41) is 5.54. The predicted octanol–water partition coefficient (Wildman–Crippen LogP) is 2.33. The number of imide groups is 1. The highest BCUT2D eigenvalue weighted by molar-refractivity contribution is 6.11. The van der Waals surface area contributed by atoms with E-state index >= 15 is 0 Å². The van der Waals surface area contributed by atoms with Crippen LogP contribution in [0.4, 0.5) is 16.2 Å². The standard InChI is InChI=1S/C20H20N4O3.ClH/c1-12-6-7-14(21)10-16(12)22-17(25)11-24-18(26)20(23-19(24)27)9-8-13-4-2-3-5-15(13)20;/h2-7,10H,8-9,11,21H2,1H3,(H,22,25)(H,23,27);1H. The van der Waals surface area contributed by atoms with E-state index in [2.05, 4.69) is 10.6 Å². The zero-order valence-electron chi connectivity index (χ0n) is 15.3. The van der Waals surface area contributed by atoms with Gasteiger partial charge in [0.05, 0.1) is 0 Å². The topological polar surface area (TPSA) is 105 Å². The Hall–Kier alpha value is -3.06. The maximum absolute atomic E-state index is 13.1. The quantitative estimate of drug-likeness (QED) is 0.543. The van der Waals surface area contributed by atoms with E-state index in [0.29, 0.717) is 24.2 Å². The Kier molecular flexibility index (Phi) is 5.04. The predicted molar refractivity (Wildman–Crippen MR) is 108 cm³/mol. The molecule has 0 saturated carbocycles. The molecule has 2 aromatic carbocycles. The van der Waals surface area contributed by atoms with Crippen LogP contribution >= 0.6 is 12.4 Å². The second-order valence-corrected chi connectivity index (χ2v) is 7.01. The van der Waals surface area contributed by atoms with Gasteiger partial charge < -0.3 is 16.4 Å². The zero-order valence-corrected chi connectivity index (χ0v) is 16.1. The van der Waals surface area contributed by atoms with Crippen LogP contribution in [0.25, 0.3) is 0 Å². The second kappa shape index (κ2) is 7.16. The van der Waals surface area contributed by atoms with E-state index in [-0.39, 0.29) is 24.9 Å². The van der Waals surface area contributed by atoms with E-state index in [1.54, 1.807) is 18.2 Å². The molecule has 1 unspecified atom stereocenters. The Morgan fingerprint density at radius 3 is 2.79 bits per heavy atom. The van der Waals surface area contributed by atoms with Crippen molar-refractivity contribution >= 4 is 41.6 Å². The lowest BCUT2D eigenvalue weighted by Crippen LogP contribution is -2.43. The van der Waals surface area contributed by atoms with Crippen LogP contribution in [0.5, 0.6) is 0 Å². The third-order valence-electron chi connectivity index (χ3n) is 5.26. The lowest BCUT2D eigenvalue weighted by atomic mass is 9.92. The van der Waals surface area contributed by atoms with Gasteiger partial charge in [0.2, 0.25) is 5.91 Å². The molecule has 1 saturated heterocycles. The minimum atomic E-state index is -1.05. The lowest BCUT2D eigenvalue weighted by Gasteiger charge is -2.22. The molecule has 0 radical (unpaired) electrons. The van der Waals surface area contributed by atoms with Gasteiger partial charge in [-0.05, 0) is 48.6 Å². The number of halogens is 1. The molecular weight excluding hydrogens is 380 g/mol. The zero-order chi connectivity index (χ0) is 19.2. The maximum Gasteiger partial charge on any atom is 0.325 e. The van der Waals surface area contributed by atoms with Gasteiger partial charge in [-0.15, -0.1) is 12.4 Å². The van der Waals surface area contributed by atoms with Crippen LogP contribution in [0.1, 0.15) is 23.1 Å². The third-order valence-corrected chi connectivity index (χ3v) is 5.26. The highest BCUT2D eigenvalue weighted by Crippen LogP contribution is 2.41. The Morgan fingerprint density at radius 1 is 1.25 bits per heavy atom. The smallest absolute Gasteiger partial charge is 0.325 e. The van der Waals surface area contributed by atoms with Crippen molar-refractivity contribution in [3.8, 4) is 0 Å². The van der Waals surface area contributed by atoms with Crippen LogP contribution < -0.4 is 16.4 Å². The summed E-state index contributed by atoms with van der Waals surface area (Å²) in [6.45, 7) is 1.50. The molecule has 146 valence electrons. The van der Waals surface area contributed by atoms with Gasteiger partial charge in [0.1, 0.15) is 12.1 Å². The monoisotopic (exact) mass is 400 g/mol. The lowest BCUT2D eigenvalue weighted by molar-refractivity contribution is -0.134. The summed E-state index contributed by atoms with van der Waals surface area (Å²) >= 11 is 0. The molecule has 4 rings (SSSR count). The number of nitrogens with zero attached hydrogens (tertiary/aromatic N) is 1. The normalized spacial score (nSPS) is 20.0. The Balaban J connectivity index is 0.00000225. The van der Waals surface area contributed by atoms with E-state index in [4.69, 9.17) is 5.73 Å². The van der Waals surface area contributed by atoms with Crippen molar-refractivity contribution in [2.75, 3.05) is 17.6 Å². The first-order valence-corrected chi connectivity index (χ1v) is 8.79. The summed E-state index contributed by atoms with van der Waals surface area (Å²) < 4.78 is 0. The Bertz CT molecular complexity index is 978. The van der Waals surface area contributed by atoms with Crippen molar-refractivity contribution < 1.29 is 14.4 Å². The summed E-state index contributed by atoms with van der Waals surface area (Å²) in [5.74, 6) is -0.826. The van der Waals surface area contributed by atoms with Gasteiger partial charge in [0.15, 0.2) is 0 Å². The molecule has 0 bridgehead atoms. The molecule has 1 aliphatic carbocycles. The highest BCUT2D eigenvalue weighted by Gasteiger charge is 2.55. The van der Waals surface area contributed by atoms with Crippen LogP contribution in [-0.4, -0.2) is 29.3 Å². The van der Waals surface area contributed by atoms with E-state index < -0.39 is 17.5 Å². The molecule has 4 N–H and O–H groups in total. The number of fused-ring (bicyclic) bond motifs is 2. The second-order valence-electron chi connectivity index (χ2n) is 7.01. The SMILES string of the molecule is Cc1ccc(N)cc1NC(=O)CN1C(=O)NC2(CCc3ccccc32)C1=O.Cl. The van der Waals surface area contributed by atoms with Crippen molar-refractivity contribution in [1.29, 1.82) is 0 Å². The average Bonchev–Trinajstić information content (AvgIpc) is 3.12. The number of rotatable bonds is 3. The summed E-state index contributed by atoms with van der Waals surface area (Å²) in [5.41, 5.74) is 8.49. The van der Waals surface area contributed by atoms with E-state index in [9.17, 15) is 14.4 Å². The molecule has 2 aromatic rings. The van der Waals surface area contributed by atoms with E-state index in [0.717, 1.165) is 21.6 Å². The Labute approximate surface area is 168 Å². The van der Waals surface area contributed by atoms with Gasteiger partial charge in [-0.25, -0.2) is 4.79 Å².